The average Bonchev–Trinajstić information content (AvgIpc) is 2.05. The average molecular weight is 186 g/mol. The number of rotatable bonds is 4. The molecule has 0 aliphatic heterocycles. The first-order chi connectivity index (χ1) is 5.79. The number of benzene rings is 1. The fourth-order valence-electron chi connectivity index (χ4n) is 0.802. The highest BCUT2D eigenvalue weighted by atomic mass is 32.2. The van der Waals surface area contributed by atoms with Crippen molar-refractivity contribution in [3.63, 3.8) is 0 Å². The Morgan fingerprint density at radius 3 is 2.42 bits per heavy atom. The summed E-state index contributed by atoms with van der Waals surface area (Å²) in [5.74, 6) is 0. The van der Waals surface area contributed by atoms with E-state index < -0.39 is 10.9 Å². The Morgan fingerprint density at radius 2 is 1.83 bits per heavy atom. The second kappa shape index (κ2) is 4.87. The summed E-state index contributed by atoms with van der Waals surface area (Å²) in [5.41, 5.74) is 3.58. The summed E-state index contributed by atoms with van der Waals surface area (Å²) in [5, 5.41) is 0. The lowest BCUT2D eigenvalue weighted by Crippen LogP contribution is -2.29. The molecular formula is C7H10N2O2S. The van der Waals surface area contributed by atoms with Crippen LogP contribution in [0.15, 0.2) is 30.3 Å². The topological polar surface area (TPSA) is 58.2 Å². The van der Waals surface area contributed by atoms with Crippen molar-refractivity contribution in [3.05, 3.63) is 35.9 Å². The molecule has 4 nitrogen and oxygen atoms in total. The minimum absolute atomic E-state index is 0.490. The highest BCUT2D eigenvalue weighted by molar-refractivity contribution is 7.70. The summed E-state index contributed by atoms with van der Waals surface area (Å²) in [6.07, 6.45) is 0. The van der Waals surface area contributed by atoms with Gasteiger partial charge in [0.05, 0.1) is 0 Å². The molecule has 0 bridgehead atoms. The molecule has 1 rings (SSSR count). The standard InChI is InChI=1S/C7H10N2O2S/c10-12(11)9-8-6-7-4-2-1-3-5-7/h1-5,8,12H,6H2,(H,9,10,11). The molecule has 0 unspecified atom stereocenters. The van der Waals surface area contributed by atoms with Gasteiger partial charge < -0.3 is 0 Å². The van der Waals surface area contributed by atoms with Crippen LogP contribution in [0, 0.1) is 0 Å². The zero-order valence-electron chi connectivity index (χ0n) is 6.36. The van der Waals surface area contributed by atoms with E-state index in [2.05, 4.69) is 10.3 Å². The lowest BCUT2D eigenvalue weighted by atomic mass is 10.2. The van der Waals surface area contributed by atoms with Gasteiger partial charge in [0.25, 0.3) is 0 Å². The van der Waals surface area contributed by atoms with E-state index in [1.165, 1.54) is 0 Å². The second-order valence-electron chi connectivity index (χ2n) is 2.21. The van der Waals surface area contributed by atoms with Gasteiger partial charge in [-0.2, -0.15) is 4.83 Å². The van der Waals surface area contributed by atoms with Gasteiger partial charge >= 0.3 is 0 Å². The molecule has 0 saturated heterocycles. The van der Waals surface area contributed by atoms with Crippen molar-refractivity contribution < 1.29 is 8.42 Å². The van der Waals surface area contributed by atoms with Crippen molar-refractivity contribution in [2.24, 2.45) is 0 Å². The molecule has 0 amide bonds. The molecule has 0 spiro atoms. The van der Waals surface area contributed by atoms with E-state index in [-0.39, 0.29) is 0 Å². The third-order valence-electron chi connectivity index (χ3n) is 1.31. The van der Waals surface area contributed by atoms with E-state index in [1.807, 2.05) is 30.3 Å². The lowest BCUT2D eigenvalue weighted by Gasteiger charge is -2.00. The van der Waals surface area contributed by atoms with Gasteiger partial charge in [-0.05, 0) is 5.56 Å². The van der Waals surface area contributed by atoms with Crippen LogP contribution < -0.4 is 10.3 Å². The molecule has 0 aliphatic carbocycles. The SMILES string of the molecule is O=[SH](=O)NNCc1ccccc1. The molecule has 0 atom stereocenters. The van der Waals surface area contributed by atoms with E-state index in [1.54, 1.807) is 0 Å². The summed E-state index contributed by atoms with van der Waals surface area (Å²) in [4.78, 5) is 2.10. The van der Waals surface area contributed by atoms with Gasteiger partial charge in [0, 0.05) is 6.54 Å². The largest absolute Gasteiger partial charge is 0.240 e. The van der Waals surface area contributed by atoms with Crippen LogP contribution in [0.4, 0.5) is 0 Å². The highest BCUT2D eigenvalue weighted by Crippen LogP contribution is 1.95. The number of hydrazine groups is 1. The molecule has 5 heteroatoms. The Kier molecular flexibility index (Phi) is 3.72. The van der Waals surface area contributed by atoms with Crippen LogP contribution in [0.2, 0.25) is 0 Å². The summed E-state index contributed by atoms with van der Waals surface area (Å²) in [6.45, 7) is 0.490. The van der Waals surface area contributed by atoms with E-state index in [0.717, 1.165) is 5.56 Å². The molecule has 0 radical (unpaired) electrons. The molecule has 1 aromatic rings. The molecule has 2 N–H and O–H groups in total. The fourth-order valence-corrected chi connectivity index (χ4v) is 1.01. The first-order valence-electron chi connectivity index (χ1n) is 3.46. The Balaban J connectivity index is 2.34. The van der Waals surface area contributed by atoms with Crippen molar-refractivity contribution in [1.82, 2.24) is 10.3 Å². The monoisotopic (exact) mass is 186 g/mol. The number of nitrogens with one attached hydrogen (secondary N) is 2. The summed E-state index contributed by atoms with van der Waals surface area (Å²) in [6, 6.07) is 9.52. The molecule has 0 heterocycles. The maximum atomic E-state index is 10.1. The minimum Gasteiger partial charge on any atom is -0.240 e. The highest BCUT2D eigenvalue weighted by Gasteiger charge is 1.88. The predicted molar refractivity (Wildman–Crippen MR) is 46.7 cm³/mol. The van der Waals surface area contributed by atoms with Crippen LogP contribution in [-0.4, -0.2) is 8.42 Å². The molecule has 0 aromatic heterocycles. The maximum absolute atomic E-state index is 10.1. The first-order valence-corrected chi connectivity index (χ1v) is 4.63. The first kappa shape index (κ1) is 9.18. The smallest absolute Gasteiger partial charge is 0.214 e. The Morgan fingerprint density at radius 1 is 1.17 bits per heavy atom. The van der Waals surface area contributed by atoms with Gasteiger partial charge in [-0.1, -0.05) is 30.3 Å². The molecule has 0 aliphatic rings. The molecule has 0 fully saturated rings. The summed E-state index contributed by atoms with van der Waals surface area (Å²) in [7, 11) is -2.56. The van der Waals surface area contributed by atoms with Crippen LogP contribution in [0.3, 0.4) is 0 Å². The lowest BCUT2D eigenvalue weighted by molar-refractivity contribution is 0.574. The van der Waals surface area contributed by atoms with Gasteiger partial charge in [0.2, 0.25) is 10.9 Å². The van der Waals surface area contributed by atoms with Gasteiger partial charge in [-0.15, -0.1) is 0 Å². The molecular weight excluding hydrogens is 176 g/mol. The maximum Gasteiger partial charge on any atom is 0.214 e. The van der Waals surface area contributed by atoms with Crippen molar-refractivity contribution in [2.75, 3.05) is 0 Å². The van der Waals surface area contributed by atoms with Gasteiger partial charge in [-0.3, -0.25) is 0 Å². The molecule has 12 heavy (non-hydrogen) atoms. The van der Waals surface area contributed by atoms with E-state index in [0.29, 0.717) is 6.54 Å². The van der Waals surface area contributed by atoms with Crippen molar-refractivity contribution in [2.45, 2.75) is 6.54 Å². The van der Waals surface area contributed by atoms with E-state index in [4.69, 9.17) is 0 Å². The van der Waals surface area contributed by atoms with Crippen LogP contribution in [0.25, 0.3) is 0 Å². The molecule has 0 saturated carbocycles. The van der Waals surface area contributed by atoms with Crippen molar-refractivity contribution in [1.29, 1.82) is 0 Å². The van der Waals surface area contributed by atoms with Gasteiger partial charge in [0.1, 0.15) is 0 Å². The van der Waals surface area contributed by atoms with Crippen LogP contribution >= 0.6 is 0 Å². The van der Waals surface area contributed by atoms with Crippen molar-refractivity contribution in [3.8, 4) is 0 Å². The van der Waals surface area contributed by atoms with E-state index in [9.17, 15) is 8.42 Å². The van der Waals surface area contributed by atoms with Crippen LogP contribution in [-0.2, 0) is 17.4 Å². The number of thiol groups is 1. The number of hydrogen-bond donors (Lipinski definition) is 3. The third-order valence-corrected chi connectivity index (χ3v) is 1.65. The Hall–Kier alpha value is -0.910. The Labute approximate surface area is 72.7 Å². The second-order valence-corrected chi connectivity index (χ2v) is 2.95. The Bertz CT molecular complexity index is 290. The van der Waals surface area contributed by atoms with Gasteiger partial charge in [-0.25, -0.2) is 13.8 Å². The van der Waals surface area contributed by atoms with Gasteiger partial charge in [0.15, 0.2) is 0 Å². The summed E-state index contributed by atoms with van der Waals surface area (Å²) < 4.78 is 20.1. The summed E-state index contributed by atoms with van der Waals surface area (Å²) >= 11 is 0. The van der Waals surface area contributed by atoms with E-state index >= 15 is 0 Å². The fraction of sp³-hybridized carbons (Fsp3) is 0.143. The number of hydrogen-bond acceptors (Lipinski definition) is 3. The van der Waals surface area contributed by atoms with Crippen LogP contribution in [0.1, 0.15) is 5.56 Å². The third kappa shape index (κ3) is 3.47. The molecule has 66 valence electrons. The normalized spacial score (nSPS) is 10.4. The van der Waals surface area contributed by atoms with Crippen LogP contribution in [0.5, 0.6) is 0 Å². The predicted octanol–water partition coefficient (Wildman–Crippen LogP) is -0.193. The minimum atomic E-state index is -2.56. The zero-order valence-corrected chi connectivity index (χ0v) is 7.25. The van der Waals surface area contributed by atoms with Crippen molar-refractivity contribution >= 4 is 10.9 Å². The molecule has 1 aromatic carbocycles. The zero-order chi connectivity index (χ0) is 8.81. The quantitative estimate of drug-likeness (QED) is 0.451.